The van der Waals surface area contributed by atoms with Gasteiger partial charge in [0.2, 0.25) is 0 Å². The van der Waals surface area contributed by atoms with Crippen molar-refractivity contribution in [1.82, 2.24) is 0 Å². The fourth-order valence-corrected chi connectivity index (χ4v) is 13.8. The topological polar surface area (TPSA) is 9.72 Å². The molecular formula is C69H72BN3. The number of fused-ring (bicyclic) bond motifs is 6. The van der Waals surface area contributed by atoms with Crippen molar-refractivity contribution >= 4 is 74.3 Å². The van der Waals surface area contributed by atoms with Crippen LogP contribution in [0, 0.1) is 13.8 Å². The lowest BCUT2D eigenvalue weighted by Gasteiger charge is -2.47. The molecule has 8 aromatic carbocycles. The summed E-state index contributed by atoms with van der Waals surface area (Å²) in [5, 5.41) is 0. The van der Waals surface area contributed by atoms with E-state index in [1.54, 1.807) is 0 Å². The third-order valence-corrected chi connectivity index (χ3v) is 17.6. The average Bonchev–Trinajstić information content (AvgIpc) is 3.54. The summed E-state index contributed by atoms with van der Waals surface area (Å²) in [5.74, 6) is 0. The first-order chi connectivity index (χ1) is 34.6. The summed E-state index contributed by atoms with van der Waals surface area (Å²) in [6, 6.07) is 63.0. The molecular weight excluding hydrogens is 882 g/mol. The van der Waals surface area contributed by atoms with Gasteiger partial charge in [0.15, 0.2) is 0 Å². The molecule has 0 aromatic heterocycles. The minimum absolute atomic E-state index is 0.00854. The first kappa shape index (κ1) is 47.2. The van der Waals surface area contributed by atoms with Crippen molar-refractivity contribution in [2.75, 3.05) is 14.7 Å². The molecule has 8 aromatic rings. The Morgan fingerprint density at radius 3 is 1.52 bits per heavy atom. The number of rotatable bonds is 6. The zero-order valence-corrected chi connectivity index (χ0v) is 45.6. The van der Waals surface area contributed by atoms with E-state index in [0.717, 1.165) is 23.5 Å². The Balaban J connectivity index is 1.21. The maximum atomic E-state index is 2.72. The van der Waals surface area contributed by atoms with E-state index in [0.29, 0.717) is 0 Å². The van der Waals surface area contributed by atoms with Crippen LogP contribution in [0.4, 0.5) is 51.2 Å². The van der Waals surface area contributed by atoms with Crippen molar-refractivity contribution in [2.45, 2.75) is 136 Å². The van der Waals surface area contributed by atoms with Gasteiger partial charge >= 0.3 is 0 Å². The second-order valence-corrected chi connectivity index (χ2v) is 25.8. The van der Waals surface area contributed by atoms with E-state index in [1.807, 2.05) is 0 Å². The fraction of sp³-hybridized carbons (Fsp3) is 0.304. The molecule has 0 fully saturated rings. The summed E-state index contributed by atoms with van der Waals surface area (Å²) in [6.45, 7) is 31.4. The highest BCUT2D eigenvalue weighted by Gasteiger charge is 2.49. The summed E-state index contributed by atoms with van der Waals surface area (Å²) < 4.78 is 0. The molecule has 2 aliphatic heterocycles. The van der Waals surface area contributed by atoms with Gasteiger partial charge in [-0.15, -0.1) is 0 Å². The van der Waals surface area contributed by atoms with E-state index in [-0.39, 0.29) is 33.8 Å². The first-order valence-electron chi connectivity index (χ1n) is 27.0. The predicted molar refractivity (Wildman–Crippen MR) is 315 cm³/mol. The Kier molecular flexibility index (Phi) is 10.6. The largest absolute Gasteiger partial charge is 0.311 e. The van der Waals surface area contributed by atoms with Crippen LogP contribution < -0.4 is 31.1 Å². The van der Waals surface area contributed by atoms with Gasteiger partial charge in [-0.1, -0.05) is 161 Å². The Labute approximate surface area is 437 Å². The van der Waals surface area contributed by atoms with Crippen LogP contribution in [0.5, 0.6) is 0 Å². The smallest absolute Gasteiger partial charge is 0.252 e. The van der Waals surface area contributed by atoms with Crippen LogP contribution in [0.25, 0.3) is 11.1 Å². The van der Waals surface area contributed by atoms with E-state index in [2.05, 4.69) is 269 Å². The van der Waals surface area contributed by atoms with Crippen molar-refractivity contribution in [3.8, 4) is 11.1 Å². The fourth-order valence-electron chi connectivity index (χ4n) is 13.8. The highest BCUT2D eigenvalue weighted by Crippen LogP contribution is 2.55. The van der Waals surface area contributed by atoms with Crippen molar-refractivity contribution in [2.24, 2.45) is 0 Å². The molecule has 2 aliphatic carbocycles. The Hall–Kier alpha value is -6.78. The monoisotopic (exact) mass is 954 g/mol. The molecule has 2 heterocycles. The van der Waals surface area contributed by atoms with Crippen molar-refractivity contribution < 1.29 is 0 Å². The summed E-state index contributed by atoms with van der Waals surface area (Å²) in [6.07, 6.45) is 3.46. The third kappa shape index (κ3) is 7.52. The molecule has 0 amide bonds. The second kappa shape index (κ2) is 16.4. The van der Waals surface area contributed by atoms with Gasteiger partial charge in [-0.25, -0.2) is 0 Å². The van der Waals surface area contributed by atoms with Gasteiger partial charge in [0, 0.05) is 51.1 Å². The van der Waals surface area contributed by atoms with Gasteiger partial charge in [0.25, 0.3) is 6.71 Å². The molecule has 0 atom stereocenters. The lowest BCUT2D eigenvalue weighted by molar-refractivity contribution is 0.332. The molecule has 4 aliphatic rings. The standard InChI is InChI=1S/C69H72BN3/c1-44-35-62-64-63(36-44)73(60-41-54-52(37-45(60)2)66(6,7)33-34-67(54,8)9)61-42-55-53(68(10,11)43-69(55,12)13)40-57(61)70(64)56-39-50(71(48-25-19-15-20-26-48)49-27-21-16-22-28-49)30-32-59(56)72(62)58-31-29-47(65(3,4)5)38-51(58)46-23-17-14-18-24-46/h14-32,35-42H,33-34,43H2,1-13H3. The number of nitrogens with zero attached hydrogens (tertiary/aromatic N) is 3. The molecule has 0 bridgehead atoms. The number of aryl methyl sites for hydroxylation is 2. The maximum absolute atomic E-state index is 2.72. The normalized spacial score (nSPS) is 17.3. The van der Waals surface area contributed by atoms with Gasteiger partial charge in [-0.3, -0.25) is 0 Å². The molecule has 0 N–H and O–H groups in total. The number of para-hydroxylation sites is 2. The van der Waals surface area contributed by atoms with Gasteiger partial charge in [-0.2, -0.15) is 0 Å². The molecule has 366 valence electrons. The highest BCUT2D eigenvalue weighted by molar-refractivity contribution is 7.00. The van der Waals surface area contributed by atoms with Crippen LogP contribution in [-0.2, 0) is 27.1 Å². The average molecular weight is 954 g/mol. The number of anilines is 9. The summed E-state index contributed by atoms with van der Waals surface area (Å²) in [7, 11) is 0. The van der Waals surface area contributed by atoms with Crippen LogP contribution >= 0.6 is 0 Å². The summed E-state index contributed by atoms with van der Waals surface area (Å²) in [4.78, 5) is 7.80. The lowest BCUT2D eigenvalue weighted by Crippen LogP contribution is -2.61. The molecule has 4 heteroatoms. The number of hydrogen-bond acceptors (Lipinski definition) is 3. The highest BCUT2D eigenvalue weighted by atomic mass is 15.2. The molecule has 0 saturated heterocycles. The Morgan fingerprint density at radius 2 is 0.932 bits per heavy atom. The van der Waals surface area contributed by atoms with E-state index in [1.165, 1.54) is 113 Å². The zero-order valence-electron chi connectivity index (χ0n) is 45.6. The van der Waals surface area contributed by atoms with E-state index >= 15 is 0 Å². The van der Waals surface area contributed by atoms with E-state index in [4.69, 9.17) is 0 Å². The van der Waals surface area contributed by atoms with Crippen LogP contribution in [0.2, 0.25) is 0 Å². The van der Waals surface area contributed by atoms with Crippen LogP contribution in [0.3, 0.4) is 0 Å². The number of benzene rings is 8. The van der Waals surface area contributed by atoms with Crippen molar-refractivity contribution in [3.63, 3.8) is 0 Å². The number of hydrogen-bond donors (Lipinski definition) is 0. The minimum atomic E-state index is -0.0522. The third-order valence-electron chi connectivity index (χ3n) is 17.6. The molecule has 73 heavy (non-hydrogen) atoms. The lowest BCUT2D eigenvalue weighted by atomic mass is 9.33. The molecule has 3 nitrogen and oxygen atoms in total. The molecule has 0 spiro atoms. The van der Waals surface area contributed by atoms with Gasteiger partial charge < -0.3 is 14.7 Å². The molecule has 0 saturated carbocycles. The van der Waals surface area contributed by atoms with Crippen LogP contribution in [0.1, 0.15) is 134 Å². The van der Waals surface area contributed by atoms with Crippen molar-refractivity contribution in [3.05, 3.63) is 203 Å². The summed E-state index contributed by atoms with van der Waals surface area (Å²) in [5.41, 5.74) is 27.4. The predicted octanol–water partition coefficient (Wildman–Crippen LogP) is 17.1. The van der Waals surface area contributed by atoms with Gasteiger partial charge in [0.1, 0.15) is 0 Å². The van der Waals surface area contributed by atoms with Crippen LogP contribution in [-0.4, -0.2) is 6.71 Å². The zero-order chi connectivity index (χ0) is 51.1. The Bertz CT molecular complexity index is 3460. The Morgan fingerprint density at radius 1 is 0.438 bits per heavy atom. The maximum Gasteiger partial charge on any atom is 0.252 e. The van der Waals surface area contributed by atoms with Crippen molar-refractivity contribution in [1.29, 1.82) is 0 Å². The quantitative estimate of drug-likeness (QED) is 0.154. The molecule has 0 radical (unpaired) electrons. The van der Waals surface area contributed by atoms with E-state index in [9.17, 15) is 0 Å². The minimum Gasteiger partial charge on any atom is -0.311 e. The second-order valence-electron chi connectivity index (χ2n) is 25.8. The molecule has 12 rings (SSSR count). The first-order valence-corrected chi connectivity index (χ1v) is 27.0. The van der Waals surface area contributed by atoms with Gasteiger partial charge in [0.05, 0.1) is 5.69 Å². The summed E-state index contributed by atoms with van der Waals surface area (Å²) >= 11 is 0. The van der Waals surface area contributed by atoms with Gasteiger partial charge in [-0.05, 0) is 200 Å². The van der Waals surface area contributed by atoms with Crippen LogP contribution in [0.15, 0.2) is 164 Å². The SMILES string of the molecule is Cc1cc2c3c(c1)N(c1ccc(C(C)(C)C)cc1-c1ccccc1)c1ccc(N(c4ccccc4)c4ccccc4)cc1B3c1cc3c(cc1N2c1cc2c(cc1C)C(C)(C)CCC2(C)C)C(C)(C)CC3(C)C. The van der Waals surface area contributed by atoms with E-state index < -0.39 is 0 Å². The molecule has 0 unspecified atom stereocenters.